The van der Waals surface area contributed by atoms with Gasteiger partial charge in [-0.1, -0.05) is 0 Å². The van der Waals surface area contributed by atoms with Crippen molar-refractivity contribution in [3.8, 4) is 0 Å². The number of hydrogen-bond acceptors (Lipinski definition) is 10. The van der Waals surface area contributed by atoms with E-state index in [1.165, 1.54) is 16.8 Å². The monoisotopic (exact) mass is 446 g/mol. The summed E-state index contributed by atoms with van der Waals surface area (Å²) < 4.78 is 40.7. The van der Waals surface area contributed by atoms with Crippen molar-refractivity contribution in [3.63, 3.8) is 0 Å². The van der Waals surface area contributed by atoms with Gasteiger partial charge in [0.1, 0.15) is 18.3 Å². The second kappa shape index (κ2) is 13.0. The minimum absolute atomic E-state index is 0.209. The number of nitrogens with one attached hydrogen (secondary N) is 1. The number of hydrogen-bond donors (Lipinski definition) is 2. The van der Waals surface area contributed by atoms with Crippen LogP contribution in [0.1, 0.15) is 6.23 Å². The summed E-state index contributed by atoms with van der Waals surface area (Å²) in [6, 6.07) is 1.22. The van der Waals surface area contributed by atoms with Gasteiger partial charge in [0.2, 0.25) is 0 Å². The van der Waals surface area contributed by atoms with Crippen molar-refractivity contribution in [1.29, 1.82) is 0 Å². The first-order valence-corrected chi connectivity index (χ1v) is 10.3. The highest BCUT2D eigenvalue weighted by atomic mass is 16.6. The van der Waals surface area contributed by atoms with Gasteiger partial charge < -0.3 is 38.3 Å². The van der Waals surface area contributed by atoms with Gasteiger partial charge >= 0.3 is 5.69 Å². The highest BCUT2D eigenvalue weighted by Crippen LogP contribution is 2.32. The lowest BCUT2D eigenvalue weighted by molar-refractivity contribution is -0.103. The molecule has 12 nitrogen and oxygen atoms in total. The molecule has 3 rings (SSSR count). The SMILES string of the molecule is O=c1ccn([C@@H]2O[C@H](CO)[C@H]3OCCOCCOCCOCCOCCO[C@H]32)c(=O)[nH]1. The Kier molecular flexibility index (Phi) is 10.1. The average Bonchev–Trinajstić information content (AvgIpc) is 3.10. The second-order valence-corrected chi connectivity index (χ2v) is 6.89. The third-order valence-corrected chi connectivity index (χ3v) is 4.78. The average molecular weight is 446 g/mol. The third-order valence-electron chi connectivity index (χ3n) is 4.78. The first-order valence-electron chi connectivity index (χ1n) is 10.3. The molecule has 0 bridgehead atoms. The molecule has 1 aromatic rings. The minimum Gasteiger partial charge on any atom is -0.394 e. The zero-order valence-electron chi connectivity index (χ0n) is 17.3. The van der Waals surface area contributed by atoms with Gasteiger partial charge in [0, 0.05) is 12.3 Å². The van der Waals surface area contributed by atoms with Crippen LogP contribution in [0.25, 0.3) is 0 Å². The van der Waals surface area contributed by atoms with Crippen molar-refractivity contribution in [2.75, 3.05) is 72.7 Å². The number of aliphatic hydroxyl groups is 1. The number of H-pyrrole nitrogens is 1. The van der Waals surface area contributed by atoms with Crippen LogP contribution in [0.15, 0.2) is 21.9 Å². The fourth-order valence-electron chi connectivity index (χ4n) is 3.33. The van der Waals surface area contributed by atoms with Crippen LogP contribution in [-0.4, -0.2) is 106 Å². The molecule has 3 heterocycles. The normalized spacial score (nSPS) is 30.2. The molecule has 2 aliphatic heterocycles. The van der Waals surface area contributed by atoms with E-state index >= 15 is 0 Å². The van der Waals surface area contributed by atoms with E-state index in [4.69, 9.17) is 33.2 Å². The quantitative estimate of drug-likeness (QED) is 0.539. The van der Waals surface area contributed by atoms with Crippen LogP contribution < -0.4 is 11.2 Å². The summed E-state index contributed by atoms with van der Waals surface area (Å²) in [5.41, 5.74) is -1.16. The molecule has 176 valence electrons. The highest BCUT2D eigenvalue weighted by molar-refractivity contribution is 4.95. The van der Waals surface area contributed by atoms with E-state index in [2.05, 4.69) is 4.98 Å². The number of nitrogens with zero attached hydrogens (tertiary/aromatic N) is 1. The second-order valence-electron chi connectivity index (χ2n) is 6.89. The maximum atomic E-state index is 12.3. The van der Waals surface area contributed by atoms with E-state index in [9.17, 15) is 14.7 Å². The minimum atomic E-state index is -0.894. The Balaban J connectivity index is 1.70. The standard InChI is InChI=1S/C19H30N2O10/c22-13-14-16-17(18(31-14)21-2-1-15(23)20-19(21)24)30-12-10-28-8-6-26-4-3-25-5-7-27-9-11-29-16/h1-2,14,16-18,22H,3-13H2,(H,20,23,24)/t14-,16-,17-,18-/m1/s1. The first kappa shape index (κ1) is 24.0. The lowest BCUT2D eigenvalue weighted by atomic mass is 10.1. The molecule has 2 N–H and O–H groups in total. The van der Waals surface area contributed by atoms with Gasteiger partial charge in [0.25, 0.3) is 5.56 Å². The molecule has 12 heteroatoms. The Morgan fingerprint density at radius 2 is 1.35 bits per heavy atom. The van der Waals surface area contributed by atoms with Gasteiger partial charge in [-0.2, -0.15) is 0 Å². The van der Waals surface area contributed by atoms with Gasteiger partial charge in [-0.15, -0.1) is 0 Å². The van der Waals surface area contributed by atoms with E-state index in [-0.39, 0.29) is 19.8 Å². The van der Waals surface area contributed by atoms with Gasteiger partial charge in [-0.3, -0.25) is 14.3 Å². The van der Waals surface area contributed by atoms with Gasteiger partial charge in [0.15, 0.2) is 6.23 Å². The summed E-state index contributed by atoms with van der Waals surface area (Å²) in [7, 11) is 0. The summed E-state index contributed by atoms with van der Waals surface area (Å²) in [6.45, 7) is 3.35. The zero-order chi connectivity index (χ0) is 21.9. The van der Waals surface area contributed by atoms with Gasteiger partial charge in [-0.25, -0.2) is 4.79 Å². The Bertz CT molecular complexity index is 754. The van der Waals surface area contributed by atoms with E-state index < -0.39 is 35.8 Å². The molecule has 0 amide bonds. The molecule has 0 unspecified atom stereocenters. The molecule has 1 aromatic heterocycles. The fraction of sp³-hybridized carbons (Fsp3) is 0.789. The van der Waals surface area contributed by atoms with Crippen LogP contribution in [-0.2, 0) is 33.2 Å². The number of fused-ring (bicyclic) bond motifs is 1. The van der Waals surface area contributed by atoms with Crippen molar-refractivity contribution in [2.24, 2.45) is 0 Å². The third kappa shape index (κ3) is 7.19. The van der Waals surface area contributed by atoms with Crippen LogP contribution in [0.5, 0.6) is 0 Å². The van der Waals surface area contributed by atoms with E-state index in [0.717, 1.165) is 0 Å². The van der Waals surface area contributed by atoms with Crippen molar-refractivity contribution < 1.29 is 38.3 Å². The fourth-order valence-corrected chi connectivity index (χ4v) is 3.33. The Labute approximate surface area is 178 Å². The topological polar surface area (TPSA) is 140 Å². The molecule has 2 aliphatic rings. The maximum Gasteiger partial charge on any atom is 0.330 e. The number of aromatic nitrogens is 2. The smallest absolute Gasteiger partial charge is 0.330 e. The summed E-state index contributed by atoms with van der Waals surface area (Å²) in [6.07, 6.45) is -1.67. The van der Waals surface area contributed by atoms with E-state index in [1.807, 2.05) is 0 Å². The molecule has 4 atom stereocenters. The number of rotatable bonds is 2. The highest BCUT2D eigenvalue weighted by Gasteiger charge is 2.47. The Morgan fingerprint density at radius 3 is 1.87 bits per heavy atom. The Hall–Kier alpha value is -1.64. The molecule has 0 saturated carbocycles. The molecule has 0 spiro atoms. The predicted molar refractivity (Wildman–Crippen MR) is 105 cm³/mol. The lowest BCUT2D eigenvalue weighted by Gasteiger charge is -2.25. The summed E-state index contributed by atoms with van der Waals surface area (Å²) in [5, 5.41) is 9.79. The maximum absolute atomic E-state index is 12.3. The predicted octanol–water partition coefficient (Wildman–Crippen LogP) is -1.72. The summed E-state index contributed by atoms with van der Waals surface area (Å²) in [5.74, 6) is 0. The molecule has 31 heavy (non-hydrogen) atoms. The Morgan fingerprint density at radius 1 is 0.839 bits per heavy atom. The molecular formula is C19H30N2O10. The van der Waals surface area contributed by atoms with Crippen LogP contribution in [0.2, 0.25) is 0 Å². The summed E-state index contributed by atoms with van der Waals surface area (Å²) >= 11 is 0. The molecular weight excluding hydrogens is 416 g/mol. The molecule has 0 radical (unpaired) electrons. The van der Waals surface area contributed by atoms with E-state index in [0.29, 0.717) is 52.9 Å². The number of ether oxygens (including phenoxy) is 7. The lowest BCUT2D eigenvalue weighted by Crippen LogP contribution is -2.41. The van der Waals surface area contributed by atoms with E-state index in [1.54, 1.807) is 0 Å². The van der Waals surface area contributed by atoms with Gasteiger partial charge in [0.05, 0.1) is 72.7 Å². The van der Waals surface area contributed by atoms with Crippen LogP contribution in [0.3, 0.4) is 0 Å². The first-order chi connectivity index (χ1) is 15.2. The molecule has 0 aliphatic carbocycles. The van der Waals surface area contributed by atoms with Gasteiger partial charge in [-0.05, 0) is 0 Å². The molecule has 0 aromatic carbocycles. The van der Waals surface area contributed by atoms with Crippen LogP contribution in [0.4, 0.5) is 0 Å². The zero-order valence-corrected chi connectivity index (χ0v) is 17.3. The van der Waals surface area contributed by atoms with Crippen molar-refractivity contribution >= 4 is 0 Å². The number of aliphatic hydroxyl groups excluding tert-OH is 1. The molecule has 2 saturated heterocycles. The van der Waals surface area contributed by atoms with Crippen molar-refractivity contribution in [1.82, 2.24) is 9.55 Å². The van der Waals surface area contributed by atoms with Crippen molar-refractivity contribution in [2.45, 2.75) is 24.5 Å². The van der Waals surface area contributed by atoms with Crippen LogP contribution in [0, 0.1) is 0 Å². The number of aromatic amines is 1. The van der Waals surface area contributed by atoms with Crippen LogP contribution >= 0.6 is 0 Å². The molecule has 2 fully saturated rings. The largest absolute Gasteiger partial charge is 0.394 e. The van der Waals surface area contributed by atoms with Crippen molar-refractivity contribution in [3.05, 3.63) is 33.1 Å². The summed E-state index contributed by atoms with van der Waals surface area (Å²) in [4.78, 5) is 25.9.